The van der Waals surface area contributed by atoms with Gasteiger partial charge in [0.1, 0.15) is 11.2 Å². The molecule has 0 saturated carbocycles. The van der Waals surface area contributed by atoms with E-state index in [0.29, 0.717) is 5.75 Å². The summed E-state index contributed by atoms with van der Waals surface area (Å²) in [6.07, 6.45) is 0.742. The van der Waals surface area contributed by atoms with Crippen molar-refractivity contribution in [1.29, 1.82) is 0 Å². The van der Waals surface area contributed by atoms with E-state index in [1.165, 1.54) is 10.5 Å². The summed E-state index contributed by atoms with van der Waals surface area (Å²) in [5, 5.41) is 0. The quantitative estimate of drug-likeness (QED) is 0.546. The second-order valence-corrected chi connectivity index (χ2v) is 6.56. The van der Waals surface area contributed by atoms with Gasteiger partial charge < -0.3 is 4.74 Å². The minimum Gasteiger partial charge on any atom is -0.426 e. The molecule has 0 amide bonds. The molecular weight excluding hydrogens is 268 g/mol. The number of thioether (sulfide) groups is 1. The number of carbonyl (C=O) groups excluding carboxylic acids is 1. The van der Waals surface area contributed by atoms with E-state index in [1.807, 2.05) is 18.2 Å². The van der Waals surface area contributed by atoms with E-state index in [0.717, 1.165) is 23.3 Å². The first-order chi connectivity index (χ1) is 9.69. The van der Waals surface area contributed by atoms with Gasteiger partial charge in [-0.05, 0) is 36.6 Å². The van der Waals surface area contributed by atoms with Gasteiger partial charge in [-0.1, -0.05) is 35.9 Å². The maximum atomic E-state index is 12.6. The number of esters is 1. The normalized spacial score (nSPS) is 23.4. The van der Waals surface area contributed by atoms with Crippen LogP contribution in [0.1, 0.15) is 16.7 Å². The Labute approximate surface area is 122 Å². The van der Waals surface area contributed by atoms with Gasteiger partial charge in [0.25, 0.3) is 0 Å². The highest BCUT2D eigenvalue weighted by Gasteiger charge is 2.50. The number of ether oxygens (including phenoxy) is 1. The predicted octanol–water partition coefficient (Wildman–Crippen LogP) is 3.50. The highest BCUT2D eigenvalue weighted by atomic mass is 32.2. The second-order valence-electron chi connectivity index (χ2n) is 5.54. The van der Waals surface area contributed by atoms with E-state index in [2.05, 4.69) is 31.2 Å². The minimum atomic E-state index is -0.500. The van der Waals surface area contributed by atoms with Gasteiger partial charge in [-0.15, -0.1) is 11.8 Å². The Morgan fingerprint density at radius 1 is 1.20 bits per heavy atom. The Morgan fingerprint density at radius 3 is 2.95 bits per heavy atom. The molecule has 2 nitrogen and oxygen atoms in total. The third kappa shape index (κ3) is 1.56. The summed E-state index contributed by atoms with van der Waals surface area (Å²) < 4.78 is 5.61. The zero-order chi connectivity index (χ0) is 13.7. The van der Waals surface area contributed by atoms with Gasteiger partial charge in [-0.25, -0.2) is 0 Å². The van der Waals surface area contributed by atoms with Crippen molar-refractivity contribution in [2.45, 2.75) is 23.7 Å². The first-order valence-corrected chi connectivity index (χ1v) is 7.72. The highest BCUT2D eigenvalue weighted by Crippen LogP contribution is 2.49. The highest BCUT2D eigenvalue weighted by molar-refractivity contribution is 7.99. The summed E-state index contributed by atoms with van der Waals surface area (Å²) in [5.41, 5.74) is 2.96. The van der Waals surface area contributed by atoms with Crippen LogP contribution < -0.4 is 4.74 Å². The molecule has 0 aromatic heterocycles. The fourth-order valence-electron chi connectivity index (χ4n) is 3.08. The van der Waals surface area contributed by atoms with Crippen molar-refractivity contribution >= 4 is 17.7 Å². The summed E-state index contributed by atoms with van der Waals surface area (Å²) in [5.74, 6) is 1.39. The molecule has 2 aromatic rings. The van der Waals surface area contributed by atoms with Crippen molar-refractivity contribution in [3.05, 3.63) is 59.2 Å². The van der Waals surface area contributed by atoms with Crippen LogP contribution in [0.5, 0.6) is 5.75 Å². The van der Waals surface area contributed by atoms with Crippen LogP contribution in [0.4, 0.5) is 0 Å². The Morgan fingerprint density at radius 2 is 2.05 bits per heavy atom. The van der Waals surface area contributed by atoms with Gasteiger partial charge in [0.15, 0.2) is 0 Å². The molecule has 0 bridgehead atoms. The third-order valence-corrected chi connectivity index (χ3v) is 5.49. The smallest absolute Gasteiger partial charge is 0.323 e. The van der Waals surface area contributed by atoms with Crippen molar-refractivity contribution in [2.24, 2.45) is 0 Å². The summed E-state index contributed by atoms with van der Waals surface area (Å²) in [6.45, 7) is 2.07. The monoisotopic (exact) mass is 282 g/mol. The van der Waals surface area contributed by atoms with Crippen LogP contribution in [0.3, 0.4) is 0 Å². The molecule has 2 aliphatic rings. The lowest BCUT2D eigenvalue weighted by Crippen LogP contribution is -2.44. The molecule has 3 heteroatoms. The molecule has 0 fully saturated rings. The first kappa shape index (κ1) is 12.0. The van der Waals surface area contributed by atoms with E-state index < -0.39 is 5.41 Å². The first-order valence-electron chi connectivity index (χ1n) is 6.73. The Hall–Kier alpha value is -1.74. The SMILES string of the molecule is Cc1ccc2c(c1)C1(CS2)Cc2ccccc2OC1=O. The van der Waals surface area contributed by atoms with Crippen LogP contribution in [0.25, 0.3) is 0 Å². The van der Waals surface area contributed by atoms with Crippen LogP contribution in [0.2, 0.25) is 0 Å². The molecule has 0 radical (unpaired) electrons. The van der Waals surface area contributed by atoms with Crippen molar-refractivity contribution in [2.75, 3.05) is 5.75 Å². The number of hydrogen-bond donors (Lipinski definition) is 0. The van der Waals surface area contributed by atoms with Gasteiger partial charge in [0, 0.05) is 10.6 Å². The van der Waals surface area contributed by atoms with E-state index in [9.17, 15) is 4.79 Å². The third-order valence-electron chi connectivity index (χ3n) is 4.18. The van der Waals surface area contributed by atoms with Gasteiger partial charge in [0.2, 0.25) is 0 Å². The van der Waals surface area contributed by atoms with Crippen LogP contribution in [-0.2, 0) is 16.6 Å². The maximum Gasteiger partial charge on any atom is 0.323 e. The standard InChI is InChI=1S/C17H14O2S/c1-11-6-7-15-13(8-11)17(10-20-15)9-12-4-2-3-5-14(12)19-16(17)18/h2-8H,9-10H2,1H3. The second kappa shape index (κ2) is 4.13. The van der Waals surface area contributed by atoms with E-state index in [-0.39, 0.29) is 5.97 Å². The molecule has 0 N–H and O–H groups in total. The van der Waals surface area contributed by atoms with Crippen molar-refractivity contribution in [3.63, 3.8) is 0 Å². The molecule has 100 valence electrons. The molecular formula is C17H14O2S. The minimum absolute atomic E-state index is 0.104. The van der Waals surface area contributed by atoms with Crippen molar-refractivity contribution in [3.8, 4) is 5.75 Å². The Balaban J connectivity index is 1.88. The summed E-state index contributed by atoms with van der Waals surface area (Å²) in [7, 11) is 0. The summed E-state index contributed by atoms with van der Waals surface area (Å²) >= 11 is 1.76. The molecule has 1 spiro atoms. The molecule has 2 heterocycles. The Bertz CT molecular complexity index is 723. The molecule has 2 aromatic carbocycles. The lowest BCUT2D eigenvalue weighted by molar-refractivity contribution is -0.141. The molecule has 1 unspecified atom stereocenters. The van der Waals surface area contributed by atoms with Gasteiger partial charge in [-0.2, -0.15) is 0 Å². The number of aryl methyl sites for hydroxylation is 1. The lowest BCUT2D eigenvalue weighted by atomic mass is 9.75. The molecule has 2 aliphatic heterocycles. The average Bonchev–Trinajstić information content (AvgIpc) is 2.80. The Kier molecular flexibility index (Phi) is 2.48. The number of fused-ring (bicyclic) bond motifs is 3. The van der Waals surface area contributed by atoms with Gasteiger partial charge in [-0.3, -0.25) is 4.79 Å². The number of rotatable bonds is 0. The van der Waals surface area contributed by atoms with Gasteiger partial charge >= 0.3 is 5.97 Å². The average molecular weight is 282 g/mol. The topological polar surface area (TPSA) is 26.3 Å². The summed E-state index contributed by atoms with van der Waals surface area (Å²) in [4.78, 5) is 13.8. The largest absolute Gasteiger partial charge is 0.426 e. The van der Waals surface area contributed by atoms with Crippen LogP contribution in [-0.4, -0.2) is 11.7 Å². The van der Waals surface area contributed by atoms with E-state index in [1.54, 1.807) is 11.8 Å². The number of hydrogen-bond acceptors (Lipinski definition) is 3. The lowest BCUT2D eigenvalue weighted by Gasteiger charge is -2.32. The molecule has 20 heavy (non-hydrogen) atoms. The van der Waals surface area contributed by atoms with Gasteiger partial charge in [0.05, 0.1) is 0 Å². The van der Waals surface area contributed by atoms with Crippen molar-refractivity contribution < 1.29 is 9.53 Å². The maximum absolute atomic E-state index is 12.6. The zero-order valence-corrected chi connectivity index (χ0v) is 12.0. The number of carbonyl (C=O) groups is 1. The van der Waals surface area contributed by atoms with Crippen molar-refractivity contribution in [1.82, 2.24) is 0 Å². The van der Waals surface area contributed by atoms with Crippen LogP contribution >= 0.6 is 11.8 Å². The van der Waals surface area contributed by atoms with E-state index >= 15 is 0 Å². The summed E-state index contributed by atoms with van der Waals surface area (Å²) in [6, 6.07) is 14.2. The van der Waals surface area contributed by atoms with Crippen LogP contribution in [0, 0.1) is 6.92 Å². The fourth-order valence-corrected chi connectivity index (χ4v) is 4.43. The number of para-hydroxylation sites is 1. The fraction of sp³-hybridized carbons (Fsp3) is 0.235. The molecule has 0 saturated heterocycles. The van der Waals surface area contributed by atoms with E-state index in [4.69, 9.17) is 4.74 Å². The molecule has 0 aliphatic carbocycles. The molecule has 4 rings (SSSR count). The van der Waals surface area contributed by atoms with Crippen LogP contribution in [0.15, 0.2) is 47.4 Å². The number of benzene rings is 2. The predicted molar refractivity (Wildman–Crippen MR) is 79.4 cm³/mol. The zero-order valence-electron chi connectivity index (χ0n) is 11.2. The molecule has 1 atom stereocenters.